The third kappa shape index (κ3) is 3.43. The summed E-state index contributed by atoms with van der Waals surface area (Å²) in [6.45, 7) is 4.18. The van der Waals surface area contributed by atoms with E-state index in [1.165, 1.54) is 4.90 Å². The summed E-state index contributed by atoms with van der Waals surface area (Å²) in [5.41, 5.74) is 0.587. The topological polar surface area (TPSA) is 57.6 Å². The molecule has 0 bridgehead atoms. The van der Waals surface area contributed by atoms with E-state index in [2.05, 4.69) is 35.7 Å². The molecule has 1 N–H and O–H groups in total. The number of Topliss-reactive ketones (excluding diaryl/α,β-unsaturated/α-hetero) is 1. The van der Waals surface area contributed by atoms with Crippen LogP contribution < -0.4 is 4.90 Å². The van der Waals surface area contributed by atoms with Crippen LogP contribution in [0, 0.1) is 12.3 Å². The number of halogens is 1. The fourth-order valence-electron chi connectivity index (χ4n) is 3.33. The SMILES string of the molecule is C#CCN1C(=O)[C@](O)(CC(=O)c2ccc(C(C)C)cc2)c2cc(Br)ccc21. The van der Waals surface area contributed by atoms with Crippen molar-refractivity contribution in [3.8, 4) is 12.3 Å². The summed E-state index contributed by atoms with van der Waals surface area (Å²) in [6, 6.07) is 12.4. The standard InChI is InChI=1S/C22H20BrNO3/c1-4-11-24-19-10-9-17(23)12-18(19)22(27,21(24)26)13-20(25)16-7-5-15(6-8-16)14(2)3/h1,5-10,12,14,27H,11,13H2,2-3H3/t22-/m0/s1. The van der Waals surface area contributed by atoms with Crippen LogP contribution in [0.4, 0.5) is 5.69 Å². The van der Waals surface area contributed by atoms with Crippen LogP contribution in [0.2, 0.25) is 0 Å². The minimum absolute atomic E-state index is 0.0348. The van der Waals surface area contributed by atoms with Crippen molar-refractivity contribution in [2.45, 2.75) is 31.8 Å². The van der Waals surface area contributed by atoms with E-state index < -0.39 is 11.5 Å². The van der Waals surface area contributed by atoms with Crippen LogP contribution in [-0.4, -0.2) is 23.3 Å². The Morgan fingerprint density at radius 2 is 1.93 bits per heavy atom. The van der Waals surface area contributed by atoms with Crippen LogP contribution in [-0.2, 0) is 10.4 Å². The molecule has 0 spiro atoms. The number of amides is 1. The highest BCUT2D eigenvalue weighted by atomic mass is 79.9. The molecule has 0 saturated heterocycles. The van der Waals surface area contributed by atoms with E-state index in [1.807, 2.05) is 12.1 Å². The number of fused-ring (bicyclic) bond motifs is 1. The predicted octanol–water partition coefficient (Wildman–Crippen LogP) is 4.01. The summed E-state index contributed by atoms with van der Waals surface area (Å²) in [5.74, 6) is 1.92. The molecule has 0 radical (unpaired) electrons. The average Bonchev–Trinajstić information content (AvgIpc) is 2.84. The van der Waals surface area contributed by atoms with Crippen molar-refractivity contribution in [3.05, 3.63) is 63.6 Å². The first-order chi connectivity index (χ1) is 12.8. The number of aliphatic hydroxyl groups is 1. The van der Waals surface area contributed by atoms with E-state index in [-0.39, 0.29) is 18.7 Å². The predicted molar refractivity (Wildman–Crippen MR) is 109 cm³/mol. The van der Waals surface area contributed by atoms with Crippen LogP contribution in [0.1, 0.15) is 47.7 Å². The summed E-state index contributed by atoms with van der Waals surface area (Å²) in [6.07, 6.45) is 5.04. The van der Waals surface area contributed by atoms with Gasteiger partial charge in [-0.15, -0.1) is 6.42 Å². The second-order valence-electron chi connectivity index (χ2n) is 6.99. The molecule has 138 valence electrons. The molecule has 1 aliphatic rings. The number of carbonyl (C=O) groups excluding carboxylic acids is 2. The Bertz CT molecular complexity index is 943. The first-order valence-corrected chi connectivity index (χ1v) is 9.48. The van der Waals surface area contributed by atoms with Gasteiger partial charge < -0.3 is 5.11 Å². The molecule has 0 aromatic heterocycles. The first-order valence-electron chi connectivity index (χ1n) is 8.69. The zero-order valence-corrected chi connectivity index (χ0v) is 16.8. The van der Waals surface area contributed by atoms with Crippen molar-refractivity contribution in [3.63, 3.8) is 0 Å². The Labute approximate surface area is 167 Å². The lowest BCUT2D eigenvalue weighted by molar-refractivity contribution is -0.135. The second-order valence-corrected chi connectivity index (χ2v) is 7.91. The smallest absolute Gasteiger partial charge is 0.265 e. The molecule has 0 fully saturated rings. The lowest BCUT2D eigenvalue weighted by Crippen LogP contribution is -2.42. The molecule has 0 saturated carbocycles. The summed E-state index contributed by atoms with van der Waals surface area (Å²) in [5, 5.41) is 11.2. The Kier molecular flexibility index (Phi) is 5.23. The van der Waals surface area contributed by atoms with Gasteiger partial charge >= 0.3 is 0 Å². The Hall–Kier alpha value is -2.42. The molecule has 0 unspecified atom stereocenters. The number of terminal acetylenes is 1. The largest absolute Gasteiger partial charge is 0.375 e. The van der Waals surface area contributed by atoms with Gasteiger partial charge in [-0.05, 0) is 29.7 Å². The van der Waals surface area contributed by atoms with Gasteiger partial charge in [0.2, 0.25) is 0 Å². The summed E-state index contributed by atoms with van der Waals surface area (Å²) >= 11 is 3.36. The zero-order chi connectivity index (χ0) is 19.8. The van der Waals surface area contributed by atoms with Crippen molar-refractivity contribution >= 4 is 33.3 Å². The Morgan fingerprint density at radius 1 is 1.26 bits per heavy atom. The fourth-order valence-corrected chi connectivity index (χ4v) is 3.69. The molecule has 4 nitrogen and oxygen atoms in total. The molecular weight excluding hydrogens is 406 g/mol. The number of nitrogens with zero attached hydrogens (tertiary/aromatic N) is 1. The van der Waals surface area contributed by atoms with Gasteiger partial charge in [0.05, 0.1) is 18.7 Å². The first kappa shape index (κ1) is 19.3. The monoisotopic (exact) mass is 425 g/mol. The molecule has 0 aliphatic carbocycles. The maximum atomic E-state index is 12.9. The van der Waals surface area contributed by atoms with Gasteiger partial charge in [-0.25, -0.2) is 0 Å². The van der Waals surface area contributed by atoms with Crippen LogP contribution in [0.15, 0.2) is 46.9 Å². The number of carbonyl (C=O) groups is 2. The number of anilines is 1. The highest BCUT2D eigenvalue weighted by Crippen LogP contribution is 2.44. The van der Waals surface area contributed by atoms with Gasteiger partial charge in [-0.2, -0.15) is 0 Å². The van der Waals surface area contributed by atoms with E-state index in [0.717, 1.165) is 5.56 Å². The van der Waals surface area contributed by atoms with E-state index in [9.17, 15) is 14.7 Å². The molecule has 2 aromatic rings. The lowest BCUT2D eigenvalue weighted by atomic mass is 9.87. The normalized spacial score (nSPS) is 18.5. The maximum absolute atomic E-state index is 12.9. The van der Waals surface area contributed by atoms with Crippen molar-refractivity contribution in [2.24, 2.45) is 0 Å². The van der Waals surface area contributed by atoms with Crippen LogP contribution >= 0.6 is 15.9 Å². The van der Waals surface area contributed by atoms with Crippen molar-refractivity contribution in [2.75, 3.05) is 11.4 Å². The van der Waals surface area contributed by atoms with Crippen molar-refractivity contribution in [1.82, 2.24) is 0 Å². The van der Waals surface area contributed by atoms with E-state index in [1.54, 1.807) is 30.3 Å². The van der Waals surface area contributed by atoms with Gasteiger partial charge in [0.15, 0.2) is 11.4 Å². The number of benzene rings is 2. The quantitative estimate of drug-likeness (QED) is 0.581. The minimum atomic E-state index is -1.93. The maximum Gasteiger partial charge on any atom is 0.265 e. The molecule has 1 heterocycles. The summed E-state index contributed by atoms with van der Waals surface area (Å²) in [7, 11) is 0. The highest BCUT2D eigenvalue weighted by molar-refractivity contribution is 9.10. The number of hydrogen-bond donors (Lipinski definition) is 1. The molecule has 3 rings (SSSR count). The van der Waals surface area contributed by atoms with Crippen LogP contribution in [0.3, 0.4) is 0 Å². The number of hydrogen-bond acceptors (Lipinski definition) is 3. The van der Waals surface area contributed by atoms with Crippen LogP contribution in [0.25, 0.3) is 0 Å². The number of rotatable bonds is 5. The Morgan fingerprint density at radius 3 is 2.52 bits per heavy atom. The average molecular weight is 426 g/mol. The Balaban J connectivity index is 1.95. The van der Waals surface area contributed by atoms with Gasteiger partial charge in [0, 0.05) is 15.6 Å². The van der Waals surface area contributed by atoms with Gasteiger partial charge in [0.1, 0.15) is 0 Å². The van der Waals surface area contributed by atoms with E-state index in [0.29, 0.717) is 27.2 Å². The molecule has 2 aromatic carbocycles. The third-order valence-corrected chi connectivity index (χ3v) is 5.35. The molecule has 27 heavy (non-hydrogen) atoms. The van der Waals surface area contributed by atoms with Crippen molar-refractivity contribution < 1.29 is 14.7 Å². The fraction of sp³-hybridized carbons (Fsp3) is 0.273. The highest BCUT2D eigenvalue weighted by Gasteiger charge is 2.50. The minimum Gasteiger partial charge on any atom is -0.375 e. The van der Waals surface area contributed by atoms with Gasteiger partial charge in [0.25, 0.3) is 5.91 Å². The number of ketones is 1. The molecule has 5 heteroatoms. The molecule has 1 atom stereocenters. The lowest BCUT2D eigenvalue weighted by Gasteiger charge is -2.22. The van der Waals surface area contributed by atoms with E-state index >= 15 is 0 Å². The molecule has 1 amide bonds. The van der Waals surface area contributed by atoms with Gasteiger partial charge in [-0.1, -0.05) is 60.0 Å². The van der Waals surface area contributed by atoms with Crippen molar-refractivity contribution in [1.29, 1.82) is 0 Å². The third-order valence-electron chi connectivity index (χ3n) is 4.86. The molecular formula is C22H20BrNO3. The molecule has 1 aliphatic heterocycles. The van der Waals surface area contributed by atoms with Gasteiger partial charge in [-0.3, -0.25) is 14.5 Å². The summed E-state index contributed by atoms with van der Waals surface area (Å²) < 4.78 is 0.712. The van der Waals surface area contributed by atoms with Crippen LogP contribution in [0.5, 0.6) is 0 Å². The summed E-state index contributed by atoms with van der Waals surface area (Å²) in [4.78, 5) is 27.1. The van der Waals surface area contributed by atoms with E-state index in [4.69, 9.17) is 6.42 Å². The second kappa shape index (κ2) is 7.30. The zero-order valence-electron chi connectivity index (χ0n) is 15.2.